The molecule has 1 amide bonds. The number of carbonyl (C=O) groups excluding carboxylic acids is 1. The van der Waals surface area contributed by atoms with E-state index in [1.54, 1.807) is 37.4 Å². The zero-order valence-corrected chi connectivity index (χ0v) is 23.7. The zero-order valence-electron chi connectivity index (χ0n) is 21.5. The lowest BCUT2D eigenvalue weighted by atomic mass is 9.97. The van der Waals surface area contributed by atoms with Crippen molar-refractivity contribution >= 4 is 40.7 Å². The molecular formula is C29H26Cl3N3O5. The molecule has 11 heteroatoms. The Hall–Kier alpha value is -3.43. The Balaban J connectivity index is 1.36. The summed E-state index contributed by atoms with van der Waals surface area (Å²) < 4.78 is 10.9. The van der Waals surface area contributed by atoms with Crippen LogP contribution in [0.15, 0.2) is 59.1 Å². The van der Waals surface area contributed by atoms with E-state index in [9.17, 15) is 15.0 Å². The summed E-state index contributed by atoms with van der Waals surface area (Å²) in [4.78, 5) is 15.8. The minimum atomic E-state index is -0.399. The minimum absolute atomic E-state index is 0.0162. The van der Waals surface area contributed by atoms with Gasteiger partial charge >= 0.3 is 0 Å². The third-order valence-corrected chi connectivity index (χ3v) is 7.82. The number of piperidine rings is 1. The Morgan fingerprint density at radius 3 is 2.42 bits per heavy atom. The fourth-order valence-electron chi connectivity index (χ4n) is 4.77. The van der Waals surface area contributed by atoms with Crippen LogP contribution in [0.1, 0.15) is 28.9 Å². The molecule has 0 radical (unpaired) electrons. The number of hydrogen-bond donors (Lipinski definition) is 3. The van der Waals surface area contributed by atoms with Gasteiger partial charge in [0.05, 0.1) is 23.3 Å². The number of aromatic nitrogens is 1. The maximum absolute atomic E-state index is 13.5. The molecular weight excluding hydrogens is 577 g/mol. The molecule has 1 aliphatic heterocycles. The van der Waals surface area contributed by atoms with E-state index in [2.05, 4.69) is 15.4 Å². The number of aromatic hydroxyl groups is 2. The molecule has 5 rings (SSSR count). The molecule has 1 saturated heterocycles. The molecule has 1 aliphatic rings. The van der Waals surface area contributed by atoms with Crippen LogP contribution in [0.2, 0.25) is 15.1 Å². The van der Waals surface area contributed by atoms with Gasteiger partial charge in [-0.05, 0) is 54.3 Å². The fourth-order valence-corrected chi connectivity index (χ4v) is 5.40. The SMILES string of the molecule is COc1ccc(-c2c(C(=O)NC3CCN(Cc4ccc(Cl)cc4Cl)CC3)noc2-c2cc(Cl)c(O)cc2O)cc1. The van der Waals surface area contributed by atoms with Crippen molar-refractivity contribution in [1.29, 1.82) is 0 Å². The first-order valence-corrected chi connectivity index (χ1v) is 13.7. The van der Waals surface area contributed by atoms with Gasteiger partial charge in [-0.2, -0.15) is 0 Å². The van der Waals surface area contributed by atoms with E-state index in [1.165, 1.54) is 6.07 Å². The highest BCUT2D eigenvalue weighted by Gasteiger charge is 2.29. The maximum atomic E-state index is 13.5. The molecule has 4 aromatic rings. The number of rotatable bonds is 7. The lowest BCUT2D eigenvalue weighted by Crippen LogP contribution is -2.44. The Morgan fingerprint density at radius 1 is 1.02 bits per heavy atom. The second-order valence-corrected chi connectivity index (χ2v) is 10.8. The summed E-state index contributed by atoms with van der Waals surface area (Å²) >= 11 is 18.5. The lowest BCUT2D eigenvalue weighted by molar-refractivity contribution is 0.0900. The molecule has 40 heavy (non-hydrogen) atoms. The Labute approximate surface area is 246 Å². The van der Waals surface area contributed by atoms with E-state index in [-0.39, 0.29) is 39.6 Å². The Morgan fingerprint density at radius 2 is 1.75 bits per heavy atom. The van der Waals surface area contributed by atoms with Gasteiger partial charge in [0.15, 0.2) is 11.5 Å². The smallest absolute Gasteiger partial charge is 0.274 e. The molecule has 0 saturated carbocycles. The van der Waals surface area contributed by atoms with E-state index in [4.69, 9.17) is 44.1 Å². The van der Waals surface area contributed by atoms with Crippen LogP contribution in [-0.2, 0) is 6.54 Å². The van der Waals surface area contributed by atoms with E-state index >= 15 is 0 Å². The van der Waals surface area contributed by atoms with Gasteiger partial charge in [-0.25, -0.2) is 0 Å². The quantitative estimate of drug-likeness (QED) is 0.214. The number of hydrogen-bond acceptors (Lipinski definition) is 7. The fraction of sp³-hybridized carbons (Fsp3) is 0.241. The van der Waals surface area contributed by atoms with Crippen molar-refractivity contribution in [1.82, 2.24) is 15.4 Å². The van der Waals surface area contributed by atoms with Crippen molar-refractivity contribution in [2.75, 3.05) is 20.2 Å². The minimum Gasteiger partial charge on any atom is -0.507 e. The molecule has 1 fully saturated rings. The Kier molecular flexibility index (Phi) is 8.42. The average Bonchev–Trinajstić information content (AvgIpc) is 3.38. The number of benzene rings is 3. The summed E-state index contributed by atoms with van der Waals surface area (Å²) in [5.41, 5.74) is 2.27. The zero-order chi connectivity index (χ0) is 28.4. The van der Waals surface area contributed by atoms with Crippen LogP contribution in [0.25, 0.3) is 22.5 Å². The van der Waals surface area contributed by atoms with Crippen LogP contribution in [-0.4, -0.2) is 52.4 Å². The van der Waals surface area contributed by atoms with Gasteiger partial charge in [-0.15, -0.1) is 0 Å². The molecule has 208 valence electrons. The normalized spacial score (nSPS) is 14.3. The van der Waals surface area contributed by atoms with Crippen molar-refractivity contribution in [3.05, 3.63) is 80.9 Å². The maximum Gasteiger partial charge on any atom is 0.274 e. The molecule has 1 aromatic heterocycles. The predicted octanol–water partition coefficient (Wildman–Crippen LogP) is 6.78. The molecule has 0 aliphatic carbocycles. The topological polar surface area (TPSA) is 108 Å². The van der Waals surface area contributed by atoms with Gasteiger partial charge in [-0.1, -0.05) is 58.2 Å². The highest BCUT2D eigenvalue weighted by molar-refractivity contribution is 6.35. The number of nitrogens with one attached hydrogen (secondary N) is 1. The summed E-state index contributed by atoms with van der Waals surface area (Å²) in [6.07, 6.45) is 1.49. The summed E-state index contributed by atoms with van der Waals surface area (Å²) in [5.74, 6) is -0.173. The standard InChI is InChI=1S/C29H26Cl3N3O5/c1-39-20-6-3-16(4-7-20)26-27(34-40-28(26)21-13-23(32)25(37)14-24(21)36)29(38)33-19-8-10-35(11-9-19)15-17-2-5-18(30)12-22(17)31/h2-7,12-14,19,36-37H,8-11,15H2,1H3,(H,33,38). The largest absolute Gasteiger partial charge is 0.507 e. The number of nitrogens with zero attached hydrogens (tertiary/aromatic N) is 2. The van der Waals surface area contributed by atoms with E-state index < -0.39 is 5.91 Å². The summed E-state index contributed by atoms with van der Waals surface area (Å²) in [6, 6.07) is 15.0. The van der Waals surface area contributed by atoms with E-state index in [1.807, 2.05) is 12.1 Å². The molecule has 0 spiro atoms. The van der Waals surface area contributed by atoms with Crippen LogP contribution in [0.5, 0.6) is 17.2 Å². The predicted molar refractivity (Wildman–Crippen MR) is 154 cm³/mol. The monoisotopic (exact) mass is 601 g/mol. The number of phenols is 2. The molecule has 2 heterocycles. The third kappa shape index (κ3) is 6.00. The number of halogens is 3. The molecule has 0 unspecified atom stereocenters. The lowest BCUT2D eigenvalue weighted by Gasteiger charge is -2.32. The van der Waals surface area contributed by atoms with Crippen molar-refractivity contribution in [2.45, 2.75) is 25.4 Å². The Bertz CT molecular complexity index is 1530. The molecule has 0 bridgehead atoms. The summed E-state index contributed by atoms with van der Waals surface area (Å²) in [6.45, 7) is 2.25. The number of carbonyl (C=O) groups is 1. The van der Waals surface area contributed by atoms with E-state index in [0.717, 1.165) is 37.6 Å². The van der Waals surface area contributed by atoms with Crippen molar-refractivity contribution < 1.29 is 24.3 Å². The van der Waals surface area contributed by atoms with Crippen LogP contribution in [0.4, 0.5) is 0 Å². The highest BCUT2D eigenvalue weighted by atomic mass is 35.5. The van der Waals surface area contributed by atoms with Gasteiger partial charge in [-0.3, -0.25) is 9.69 Å². The van der Waals surface area contributed by atoms with E-state index in [0.29, 0.717) is 33.5 Å². The van der Waals surface area contributed by atoms with Crippen LogP contribution in [0.3, 0.4) is 0 Å². The first kappa shape index (κ1) is 28.1. The number of likely N-dealkylation sites (tertiary alicyclic amines) is 1. The van der Waals surface area contributed by atoms with Gasteiger partial charge in [0, 0.05) is 41.8 Å². The second-order valence-electron chi connectivity index (χ2n) is 9.54. The van der Waals surface area contributed by atoms with Crippen LogP contribution >= 0.6 is 34.8 Å². The van der Waals surface area contributed by atoms with Gasteiger partial charge in [0.1, 0.15) is 17.2 Å². The third-order valence-electron chi connectivity index (χ3n) is 6.93. The number of methoxy groups -OCH3 is 1. The average molecular weight is 603 g/mol. The number of ether oxygens (including phenoxy) is 1. The summed E-state index contributed by atoms with van der Waals surface area (Å²) in [7, 11) is 1.56. The molecule has 3 aromatic carbocycles. The second kappa shape index (κ2) is 12.0. The molecule has 0 atom stereocenters. The number of phenolic OH excluding ortho intramolecular Hbond substituents is 2. The van der Waals surface area contributed by atoms with Crippen molar-refractivity contribution in [3.8, 4) is 39.7 Å². The summed E-state index contributed by atoms with van der Waals surface area (Å²) in [5, 5.41) is 28.9. The van der Waals surface area contributed by atoms with Gasteiger partial charge in [0.25, 0.3) is 5.91 Å². The molecule has 3 N–H and O–H groups in total. The van der Waals surface area contributed by atoms with Crippen LogP contribution in [0, 0.1) is 0 Å². The number of amides is 1. The van der Waals surface area contributed by atoms with Crippen molar-refractivity contribution in [2.24, 2.45) is 0 Å². The van der Waals surface area contributed by atoms with Crippen molar-refractivity contribution in [3.63, 3.8) is 0 Å². The first-order valence-electron chi connectivity index (χ1n) is 12.6. The van der Waals surface area contributed by atoms with Gasteiger partial charge in [0.2, 0.25) is 0 Å². The molecule has 8 nitrogen and oxygen atoms in total. The first-order chi connectivity index (χ1) is 19.2. The van der Waals surface area contributed by atoms with Gasteiger partial charge < -0.3 is 24.8 Å². The van der Waals surface area contributed by atoms with Crippen LogP contribution < -0.4 is 10.1 Å². The highest BCUT2D eigenvalue weighted by Crippen LogP contribution is 2.43.